The van der Waals surface area contributed by atoms with Crippen LogP contribution < -0.4 is 5.32 Å². The van der Waals surface area contributed by atoms with Crippen molar-refractivity contribution in [3.8, 4) is 0 Å². The van der Waals surface area contributed by atoms with E-state index in [9.17, 15) is 5.11 Å². The molecule has 2 nitrogen and oxygen atoms in total. The van der Waals surface area contributed by atoms with Crippen molar-refractivity contribution in [3.63, 3.8) is 0 Å². The van der Waals surface area contributed by atoms with Crippen molar-refractivity contribution in [2.45, 2.75) is 45.8 Å². The first-order valence-electron chi connectivity index (χ1n) is 7.21. The predicted octanol–water partition coefficient (Wildman–Crippen LogP) is 3.47. The molecule has 2 heteroatoms. The average molecular weight is 261 g/mol. The van der Waals surface area contributed by atoms with Crippen LogP contribution in [0.5, 0.6) is 0 Å². The number of aliphatic hydroxyl groups excluding tert-OH is 1. The van der Waals surface area contributed by atoms with Crippen molar-refractivity contribution >= 4 is 0 Å². The Labute approximate surface area is 117 Å². The zero-order valence-corrected chi connectivity index (χ0v) is 12.4. The van der Waals surface area contributed by atoms with Gasteiger partial charge in [0.1, 0.15) is 0 Å². The van der Waals surface area contributed by atoms with Gasteiger partial charge in [0.05, 0.1) is 6.10 Å². The van der Waals surface area contributed by atoms with Gasteiger partial charge in [0, 0.05) is 12.6 Å². The van der Waals surface area contributed by atoms with E-state index in [-0.39, 0.29) is 6.04 Å². The maximum atomic E-state index is 10.5. The van der Waals surface area contributed by atoms with Crippen LogP contribution in [0.3, 0.4) is 0 Å². The van der Waals surface area contributed by atoms with Crippen LogP contribution in [0.1, 0.15) is 44.4 Å². The largest absolute Gasteiger partial charge is 0.387 e. The third-order valence-corrected chi connectivity index (χ3v) is 3.42. The molecule has 1 aromatic carbocycles. The maximum Gasteiger partial charge on any atom is 0.0945 e. The highest BCUT2D eigenvalue weighted by Gasteiger charge is 2.22. The molecule has 0 aliphatic rings. The van der Waals surface area contributed by atoms with Gasteiger partial charge >= 0.3 is 0 Å². The van der Waals surface area contributed by atoms with Gasteiger partial charge in [-0.3, -0.25) is 0 Å². The lowest BCUT2D eigenvalue weighted by Crippen LogP contribution is -2.39. The Morgan fingerprint density at radius 2 is 1.89 bits per heavy atom. The Kier molecular flexibility index (Phi) is 6.82. The molecule has 0 saturated heterocycles. The summed E-state index contributed by atoms with van der Waals surface area (Å²) in [6.45, 7) is 10.8. The van der Waals surface area contributed by atoms with Crippen molar-refractivity contribution in [1.82, 2.24) is 5.32 Å². The smallest absolute Gasteiger partial charge is 0.0945 e. The Morgan fingerprint density at radius 3 is 2.37 bits per heavy atom. The van der Waals surface area contributed by atoms with E-state index in [4.69, 9.17) is 0 Å². The Morgan fingerprint density at radius 1 is 1.26 bits per heavy atom. The second-order valence-electron chi connectivity index (χ2n) is 5.40. The molecule has 0 aliphatic heterocycles. The van der Waals surface area contributed by atoms with Crippen LogP contribution in [0, 0.1) is 5.92 Å². The second kappa shape index (κ2) is 8.13. The van der Waals surface area contributed by atoms with Crippen LogP contribution in [0.2, 0.25) is 0 Å². The monoisotopic (exact) mass is 261 g/mol. The molecule has 2 unspecified atom stereocenters. The topological polar surface area (TPSA) is 32.3 Å². The molecule has 0 aromatic heterocycles. The van der Waals surface area contributed by atoms with Crippen molar-refractivity contribution < 1.29 is 5.11 Å². The number of benzene rings is 1. The number of aryl methyl sites for hydroxylation is 1. The first-order chi connectivity index (χ1) is 9.10. The van der Waals surface area contributed by atoms with Gasteiger partial charge in [-0.05, 0) is 23.5 Å². The lowest BCUT2D eigenvalue weighted by Gasteiger charge is -2.27. The van der Waals surface area contributed by atoms with E-state index >= 15 is 0 Å². The summed E-state index contributed by atoms with van der Waals surface area (Å²) in [4.78, 5) is 0. The zero-order chi connectivity index (χ0) is 14.3. The van der Waals surface area contributed by atoms with Gasteiger partial charge < -0.3 is 10.4 Å². The van der Waals surface area contributed by atoms with E-state index in [2.05, 4.69) is 44.8 Å². The Hall–Kier alpha value is -1.12. The van der Waals surface area contributed by atoms with Gasteiger partial charge in [0.15, 0.2) is 0 Å². The summed E-state index contributed by atoms with van der Waals surface area (Å²) in [6, 6.07) is 8.37. The first-order valence-corrected chi connectivity index (χ1v) is 7.21. The van der Waals surface area contributed by atoms with Crippen LogP contribution in [0.15, 0.2) is 36.9 Å². The molecule has 0 amide bonds. The van der Waals surface area contributed by atoms with E-state index in [0.717, 1.165) is 18.4 Å². The summed E-state index contributed by atoms with van der Waals surface area (Å²) < 4.78 is 0. The van der Waals surface area contributed by atoms with E-state index in [1.54, 1.807) is 0 Å². The maximum absolute atomic E-state index is 10.5. The van der Waals surface area contributed by atoms with E-state index in [0.29, 0.717) is 12.5 Å². The first kappa shape index (κ1) is 15.9. The molecule has 2 N–H and O–H groups in total. The molecule has 0 heterocycles. The molecule has 19 heavy (non-hydrogen) atoms. The fourth-order valence-corrected chi connectivity index (χ4v) is 2.31. The third kappa shape index (κ3) is 4.81. The third-order valence-electron chi connectivity index (χ3n) is 3.42. The SMILES string of the molecule is C=CCNC(C(C)C)C(O)c1ccc(CCC)cc1. The summed E-state index contributed by atoms with van der Waals surface area (Å²) >= 11 is 0. The minimum Gasteiger partial charge on any atom is -0.387 e. The lowest BCUT2D eigenvalue weighted by atomic mass is 9.92. The average Bonchev–Trinajstić information content (AvgIpc) is 2.40. The molecular weight excluding hydrogens is 234 g/mol. The van der Waals surface area contributed by atoms with Gasteiger partial charge in [-0.1, -0.05) is 57.5 Å². The highest BCUT2D eigenvalue weighted by Crippen LogP contribution is 2.22. The Balaban J connectivity index is 2.77. The molecular formula is C17H27NO. The zero-order valence-electron chi connectivity index (χ0n) is 12.4. The number of nitrogens with one attached hydrogen (secondary N) is 1. The second-order valence-corrected chi connectivity index (χ2v) is 5.40. The minimum absolute atomic E-state index is 0.0509. The molecule has 2 atom stereocenters. The summed E-state index contributed by atoms with van der Waals surface area (Å²) in [5, 5.41) is 13.8. The van der Waals surface area contributed by atoms with Crippen molar-refractivity contribution in [2.24, 2.45) is 5.92 Å². The van der Waals surface area contributed by atoms with Gasteiger partial charge in [0.25, 0.3) is 0 Å². The highest BCUT2D eigenvalue weighted by atomic mass is 16.3. The van der Waals surface area contributed by atoms with Gasteiger partial charge in [0.2, 0.25) is 0 Å². The molecule has 1 aromatic rings. The number of aliphatic hydroxyl groups is 1. The van der Waals surface area contributed by atoms with E-state index in [1.807, 2.05) is 18.2 Å². The molecule has 106 valence electrons. The van der Waals surface area contributed by atoms with Crippen molar-refractivity contribution in [2.75, 3.05) is 6.54 Å². The predicted molar refractivity (Wildman–Crippen MR) is 82.2 cm³/mol. The molecule has 0 radical (unpaired) electrons. The molecule has 0 aliphatic carbocycles. The summed E-state index contributed by atoms with van der Waals surface area (Å²) in [5.41, 5.74) is 2.31. The van der Waals surface area contributed by atoms with Gasteiger partial charge in [-0.15, -0.1) is 6.58 Å². The normalized spacial score (nSPS) is 14.4. The fourth-order valence-electron chi connectivity index (χ4n) is 2.31. The molecule has 0 bridgehead atoms. The van der Waals surface area contributed by atoms with Crippen molar-refractivity contribution in [1.29, 1.82) is 0 Å². The molecule has 0 saturated carbocycles. The van der Waals surface area contributed by atoms with E-state index in [1.165, 1.54) is 5.56 Å². The number of hydrogen-bond donors (Lipinski definition) is 2. The number of hydrogen-bond acceptors (Lipinski definition) is 2. The van der Waals surface area contributed by atoms with Crippen LogP contribution in [-0.4, -0.2) is 17.7 Å². The van der Waals surface area contributed by atoms with E-state index < -0.39 is 6.10 Å². The summed E-state index contributed by atoms with van der Waals surface area (Å²) in [5.74, 6) is 0.366. The molecule has 0 fully saturated rings. The molecule has 1 rings (SSSR count). The van der Waals surface area contributed by atoms with Crippen LogP contribution in [0.25, 0.3) is 0 Å². The summed E-state index contributed by atoms with van der Waals surface area (Å²) in [6.07, 6.45) is 3.60. The van der Waals surface area contributed by atoms with Gasteiger partial charge in [-0.2, -0.15) is 0 Å². The summed E-state index contributed by atoms with van der Waals surface area (Å²) in [7, 11) is 0. The van der Waals surface area contributed by atoms with Crippen LogP contribution >= 0.6 is 0 Å². The standard InChI is InChI=1S/C17H27NO/c1-5-7-14-8-10-15(11-9-14)17(19)16(13(3)4)18-12-6-2/h6,8-11,13,16-19H,2,5,7,12H2,1,3-4H3. The highest BCUT2D eigenvalue weighted by molar-refractivity contribution is 5.25. The minimum atomic E-state index is -0.476. The lowest BCUT2D eigenvalue weighted by molar-refractivity contribution is 0.107. The Bertz CT molecular complexity index is 369. The fraction of sp³-hybridized carbons (Fsp3) is 0.529. The quantitative estimate of drug-likeness (QED) is 0.702. The molecule has 0 spiro atoms. The van der Waals surface area contributed by atoms with Crippen molar-refractivity contribution in [3.05, 3.63) is 48.0 Å². The van der Waals surface area contributed by atoms with Crippen LogP contribution in [0.4, 0.5) is 0 Å². The number of rotatable bonds is 8. The van der Waals surface area contributed by atoms with Crippen LogP contribution in [-0.2, 0) is 6.42 Å². The van der Waals surface area contributed by atoms with Gasteiger partial charge in [-0.25, -0.2) is 0 Å².